The number of hydrogen-bond donors (Lipinski definition) is 0. The van der Waals surface area contributed by atoms with Crippen molar-refractivity contribution in [1.29, 1.82) is 0 Å². The summed E-state index contributed by atoms with van der Waals surface area (Å²) in [6.07, 6.45) is 0. The molecule has 1 heterocycles. The number of rotatable bonds is 5. The maximum Gasteiger partial charge on any atom is 0.277 e. The van der Waals surface area contributed by atoms with E-state index in [1.807, 2.05) is 37.3 Å². The number of aryl methyl sites for hydroxylation is 1. The molecule has 0 N–H and O–H groups in total. The van der Waals surface area contributed by atoms with Gasteiger partial charge in [-0.25, -0.2) is 4.39 Å². The van der Waals surface area contributed by atoms with Crippen molar-refractivity contribution in [2.24, 2.45) is 0 Å². The summed E-state index contributed by atoms with van der Waals surface area (Å²) in [4.78, 5) is 0. The summed E-state index contributed by atoms with van der Waals surface area (Å²) >= 11 is 1.37. The molecule has 0 aliphatic heterocycles. The van der Waals surface area contributed by atoms with E-state index in [2.05, 4.69) is 10.2 Å². The van der Waals surface area contributed by atoms with E-state index >= 15 is 0 Å². The zero-order valence-corrected chi connectivity index (χ0v) is 13.6. The van der Waals surface area contributed by atoms with Gasteiger partial charge in [0.25, 0.3) is 5.22 Å². The summed E-state index contributed by atoms with van der Waals surface area (Å²) in [5, 5.41) is 8.53. The molecule has 6 heteroatoms. The van der Waals surface area contributed by atoms with Gasteiger partial charge in [-0.05, 0) is 36.8 Å². The Morgan fingerprint density at radius 1 is 1.17 bits per heavy atom. The van der Waals surface area contributed by atoms with Gasteiger partial charge in [0.1, 0.15) is 0 Å². The summed E-state index contributed by atoms with van der Waals surface area (Å²) in [6.45, 7) is 2.01. The van der Waals surface area contributed by atoms with Crippen LogP contribution < -0.4 is 4.74 Å². The predicted molar refractivity (Wildman–Crippen MR) is 87.0 cm³/mol. The second-order valence-corrected chi connectivity index (χ2v) is 5.93. The topological polar surface area (TPSA) is 48.2 Å². The molecule has 3 rings (SSSR count). The van der Waals surface area contributed by atoms with Gasteiger partial charge in [-0.3, -0.25) is 0 Å². The molecule has 0 atom stereocenters. The molecular formula is C17H15FN2O2S. The molecule has 0 aliphatic rings. The number of aromatic nitrogens is 2. The predicted octanol–water partition coefficient (Wildman–Crippen LogP) is 4.49. The van der Waals surface area contributed by atoms with Gasteiger partial charge in [-0.1, -0.05) is 35.5 Å². The third kappa shape index (κ3) is 3.71. The average Bonchev–Trinajstić information content (AvgIpc) is 3.02. The van der Waals surface area contributed by atoms with Crippen LogP contribution in [-0.2, 0) is 5.75 Å². The molecule has 2 aromatic carbocycles. The first-order valence-electron chi connectivity index (χ1n) is 7.01. The fourth-order valence-corrected chi connectivity index (χ4v) is 2.81. The molecule has 0 fully saturated rings. The highest BCUT2D eigenvalue weighted by Crippen LogP contribution is 2.27. The van der Waals surface area contributed by atoms with E-state index in [0.717, 1.165) is 16.7 Å². The van der Waals surface area contributed by atoms with Crippen LogP contribution in [0.2, 0.25) is 0 Å². The normalized spacial score (nSPS) is 10.7. The molecule has 0 unspecified atom stereocenters. The molecule has 23 heavy (non-hydrogen) atoms. The van der Waals surface area contributed by atoms with Gasteiger partial charge in [0, 0.05) is 11.3 Å². The van der Waals surface area contributed by atoms with E-state index < -0.39 is 0 Å². The van der Waals surface area contributed by atoms with E-state index in [4.69, 9.17) is 9.15 Å². The maximum atomic E-state index is 13.7. The number of benzene rings is 2. The van der Waals surface area contributed by atoms with E-state index in [1.165, 1.54) is 24.9 Å². The fourth-order valence-electron chi connectivity index (χ4n) is 2.11. The molecule has 0 bridgehead atoms. The molecule has 0 amide bonds. The molecule has 1 aromatic heterocycles. The van der Waals surface area contributed by atoms with Crippen molar-refractivity contribution in [1.82, 2.24) is 10.2 Å². The first-order chi connectivity index (χ1) is 11.2. The van der Waals surface area contributed by atoms with E-state index in [-0.39, 0.29) is 11.6 Å². The zero-order chi connectivity index (χ0) is 16.2. The lowest BCUT2D eigenvalue weighted by Crippen LogP contribution is -1.90. The van der Waals surface area contributed by atoms with Crippen molar-refractivity contribution < 1.29 is 13.5 Å². The van der Waals surface area contributed by atoms with Crippen LogP contribution in [0, 0.1) is 12.7 Å². The molecule has 3 aromatic rings. The Kier molecular flexibility index (Phi) is 4.62. The van der Waals surface area contributed by atoms with Crippen molar-refractivity contribution >= 4 is 11.8 Å². The van der Waals surface area contributed by atoms with Crippen LogP contribution >= 0.6 is 11.8 Å². The Morgan fingerprint density at radius 3 is 2.78 bits per heavy atom. The highest BCUT2D eigenvalue weighted by atomic mass is 32.2. The lowest BCUT2D eigenvalue weighted by atomic mass is 10.1. The monoisotopic (exact) mass is 330 g/mol. The number of ether oxygens (including phenoxy) is 1. The fraction of sp³-hybridized carbons (Fsp3) is 0.176. The summed E-state index contributed by atoms with van der Waals surface area (Å²) in [5.41, 5.74) is 2.84. The Balaban J connectivity index is 1.69. The van der Waals surface area contributed by atoms with E-state index in [9.17, 15) is 4.39 Å². The van der Waals surface area contributed by atoms with Crippen LogP contribution in [0.1, 0.15) is 11.1 Å². The van der Waals surface area contributed by atoms with Gasteiger partial charge in [-0.15, -0.1) is 10.2 Å². The Morgan fingerprint density at radius 2 is 2.04 bits per heavy atom. The molecule has 118 valence electrons. The van der Waals surface area contributed by atoms with Crippen molar-refractivity contribution in [2.45, 2.75) is 17.9 Å². The Labute approximate surface area is 137 Å². The largest absolute Gasteiger partial charge is 0.494 e. The molecule has 0 aliphatic carbocycles. The number of halogens is 1. The van der Waals surface area contributed by atoms with Crippen LogP contribution in [-0.4, -0.2) is 17.3 Å². The van der Waals surface area contributed by atoms with Crippen LogP contribution in [0.25, 0.3) is 11.5 Å². The standard InChI is InChI=1S/C17H15FN2O2S/c1-11-4-3-5-13(8-11)16-19-20-17(22-16)23-10-12-6-7-15(21-2)14(18)9-12/h3-9H,10H2,1-2H3. The maximum absolute atomic E-state index is 13.7. The second kappa shape index (κ2) is 6.83. The van der Waals surface area contributed by atoms with Gasteiger partial charge in [0.15, 0.2) is 11.6 Å². The third-order valence-electron chi connectivity index (χ3n) is 3.25. The first kappa shape index (κ1) is 15.6. The molecular weight excluding hydrogens is 315 g/mol. The number of hydrogen-bond acceptors (Lipinski definition) is 5. The van der Waals surface area contributed by atoms with Crippen molar-refractivity contribution in [2.75, 3.05) is 7.11 Å². The summed E-state index contributed by atoms with van der Waals surface area (Å²) in [7, 11) is 1.44. The molecule has 0 saturated heterocycles. The minimum Gasteiger partial charge on any atom is -0.494 e. The van der Waals surface area contributed by atoms with Gasteiger partial charge >= 0.3 is 0 Å². The van der Waals surface area contributed by atoms with Crippen LogP contribution in [0.15, 0.2) is 52.1 Å². The molecule has 4 nitrogen and oxygen atoms in total. The summed E-state index contributed by atoms with van der Waals surface area (Å²) in [6, 6.07) is 12.7. The van der Waals surface area contributed by atoms with Gasteiger partial charge in [0.2, 0.25) is 5.89 Å². The molecule has 0 radical (unpaired) electrons. The summed E-state index contributed by atoms with van der Waals surface area (Å²) < 4.78 is 24.2. The van der Waals surface area contributed by atoms with E-state index in [0.29, 0.717) is 16.9 Å². The average molecular weight is 330 g/mol. The van der Waals surface area contributed by atoms with Gasteiger partial charge < -0.3 is 9.15 Å². The SMILES string of the molecule is COc1ccc(CSc2nnc(-c3cccc(C)c3)o2)cc1F. The number of methoxy groups -OCH3 is 1. The number of thioether (sulfide) groups is 1. The molecule has 0 saturated carbocycles. The van der Waals surface area contributed by atoms with Crippen LogP contribution in [0.3, 0.4) is 0 Å². The lowest BCUT2D eigenvalue weighted by molar-refractivity contribution is 0.386. The van der Waals surface area contributed by atoms with Gasteiger partial charge in [0.05, 0.1) is 7.11 Å². The minimum atomic E-state index is -0.378. The van der Waals surface area contributed by atoms with Gasteiger partial charge in [-0.2, -0.15) is 0 Å². The third-order valence-corrected chi connectivity index (χ3v) is 4.14. The molecule has 0 spiro atoms. The van der Waals surface area contributed by atoms with E-state index in [1.54, 1.807) is 6.07 Å². The second-order valence-electron chi connectivity index (χ2n) is 5.00. The lowest BCUT2D eigenvalue weighted by Gasteiger charge is -2.03. The quantitative estimate of drug-likeness (QED) is 0.645. The Hall–Kier alpha value is -2.34. The summed E-state index contributed by atoms with van der Waals surface area (Å²) in [5.74, 6) is 0.878. The smallest absolute Gasteiger partial charge is 0.277 e. The van der Waals surface area contributed by atoms with Crippen molar-refractivity contribution in [3.05, 3.63) is 59.4 Å². The Bertz CT molecular complexity index is 820. The first-order valence-corrected chi connectivity index (χ1v) is 8.00. The van der Waals surface area contributed by atoms with Crippen molar-refractivity contribution in [3.63, 3.8) is 0 Å². The zero-order valence-electron chi connectivity index (χ0n) is 12.7. The number of nitrogens with zero attached hydrogens (tertiary/aromatic N) is 2. The van der Waals surface area contributed by atoms with Crippen molar-refractivity contribution in [3.8, 4) is 17.2 Å². The van der Waals surface area contributed by atoms with Crippen LogP contribution in [0.4, 0.5) is 4.39 Å². The van der Waals surface area contributed by atoms with Crippen LogP contribution in [0.5, 0.6) is 5.75 Å². The highest BCUT2D eigenvalue weighted by Gasteiger charge is 2.10. The minimum absolute atomic E-state index is 0.235. The highest BCUT2D eigenvalue weighted by molar-refractivity contribution is 7.98.